The van der Waals surface area contributed by atoms with Gasteiger partial charge in [0.1, 0.15) is 16.8 Å². The quantitative estimate of drug-likeness (QED) is 0.881. The standard InChI is InChI=1S/C18H20N2O2S/c1-11(2)16-6-5-15(9-12(16)3)22-13(4)17(21)20-18-14(10-19)7-8-23-18/h5-9,11,13H,1-4H3,(H,20,21)/t13-/m0/s1. The first kappa shape index (κ1) is 17.0. The maximum Gasteiger partial charge on any atom is 0.265 e. The Hall–Kier alpha value is -2.32. The summed E-state index contributed by atoms with van der Waals surface area (Å²) < 4.78 is 5.72. The Bertz CT molecular complexity index is 744. The molecule has 23 heavy (non-hydrogen) atoms. The summed E-state index contributed by atoms with van der Waals surface area (Å²) in [5.41, 5.74) is 2.88. The number of carbonyl (C=O) groups excluding carboxylic acids is 1. The third-order valence-electron chi connectivity index (χ3n) is 3.57. The molecular weight excluding hydrogens is 308 g/mol. The number of nitrogens with one attached hydrogen (secondary N) is 1. The Morgan fingerprint density at radius 2 is 2.04 bits per heavy atom. The summed E-state index contributed by atoms with van der Waals surface area (Å²) >= 11 is 1.32. The largest absolute Gasteiger partial charge is 0.481 e. The minimum Gasteiger partial charge on any atom is -0.481 e. The zero-order chi connectivity index (χ0) is 17.0. The Labute approximate surface area is 140 Å². The lowest BCUT2D eigenvalue weighted by molar-refractivity contribution is -0.122. The first-order chi connectivity index (χ1) is 10.9. The fraction of sp³-hybridized carbons (Fsp3) is 0.333. The van der Waals surface area contributed by atoms with Crippen LogP contribution >= 0.6 is 11.3 Å². The molecule has 2 rings (SSSR count). The first-order valence-corrected chi connectivity index (χ1v) is 8.36. The van der Waals surface area contributed by atoms with Crippen LogP contribution in [0.15, 0.2) is 29.6 Å². The number of ether oxygens (including phenoxy) is 1. The molecule has 1 N–H and O–H groups in total. The summed E-state index contributed by atoms with van der Waals surface area (Å²) in [4.78, 5) is 12.2. The van der Waals surface area contributed by atoms with Crippen molar-refractivity contribution in [3.63, 3.8) is 0 Å². The Balaban J connectivity index is 2.04. The molecule has 5 heteroatoms. The lowest BCUT2D eigenvalue weighted by Crippen LogP contribution is -2.30. The molecule has 1 amide bonds. The molecule has 0 unspecified atom stereocenters. The molecule has 0 aliphatic carbocycles. The number of aryl methyl sites for hydroxylation is 1. The van der Waals surface area contributed by atoms with Crippen molar-refractivity contribution in [1.29, 1.82) is 5.26 Å². The zero-order valence-corrected chi connectivity index (χ0v) is 14.5. The molecule has 2 aromatic rings. The molecule has 0 saturated heterocycles. The summed E-state index contributed by atoms with van der Waals surface area (Å²) in [7, 11) is 0. The molecule has 1 aromatic carbocycles. The van der Waals surface area contributed by atoms with Gasteiger partial charge in [-0.15, -0.1) is 11.3 Å². The zero-order valence-electron chi connectivity index (χ0n) is 13.7. The molecule has 4 nitrogen and oxygen atoms in total. The third kappa shape index (κ3) is 4.11. The van der Waals surface area contributed by atoms with Crippen LogP contribution < -0.4 is 10.1 Å². The Morgan fingerprint density at radius 3 is 2.65 bits per heavy atom. The minimum absolute atomic E-state index is 0.269. The maximum absolute atomic E-state index is 12.2. The maximum atomic E-state index is 12.2. The van der Waals surface area contributed by atoms with Gasteiger partial charge in [-0.3, -0.25) is 4.79 Å². The third-order valence-corrected chi connectivity index (χ3v) is 4.40. The van der Waals surface area contributed by atoms with Gasteiger partial charge in [0.2, 0.25) is 0 Å². The Kier molecular flexibility index (Phi) is 5.41. The minimum atomic E-state index is -0.645. The molecule has 0 spiro atoms. The van der Waals surface area contributed by atoms with Crippen LogP contribution in [-0.4, -0.2) is 12.0 Å². The number of thiophene rings is 1. The van der Waals surface area contributed by atoms with Gasteiger partial charge in [0.25, 0.3) is 5.91 Å². The van der Waals surface area contributed by atoms with Crippen LogP contribution in [-0.2, 0) is 4.79 Å². The average molecular weight is 328 g/mol. The highest BCUT2D eigenvalue weighted by atomic mass is 32.1. The molecule has 120 valence electrons. The number of carbonyl (C=O) groups is 1. The highest BCUT2D eigenvalue weighted by Crippen LogP contribution is 2.25. The van der Waals surface area contributed by atoms with E-state index in [0.717, 1.165) is 5.56 Å². The van der Waals surface area contributed by atoms with Crippen LogP contribution in [0.25, 0.3) is 0 Å². The molecular formula is C18H20N2O2S. The van der Waals surface area contributed by atoms with E-state index in [2.05, 4.69) is 19.2 Å². The van der Waals surface area contributed by atoms with Gasteiger partial charge in [0.05, 0.1) is 5.56 Å². The van der Waals surface area contributed by atoms with E-state index in [1.807, 2.05) is 31.2 Å². The van der Waals surface area contributed by atoms with E-state index < -0.39 is 6.10 Å². The number of benzene rings is 1. The number of nitriles is 1. The summed E-state index contributed by atoms with van der Waals surface area (Å²) in [6, 6.07) is 9.60. The van der Waals surface area contributed by atoms with Gasteiger partial charge >= 0.3 is 0 Å². The van der Waals surface area contributed by atoms with Crippen molar-refractivity contribution in [3.8, 4) is 11.8 Å². The molecule has 1 atom stereocenters. The molecule has 0 fully saturated rings. The fourth-order valence-electron chi connectivity index (χ4n) is 2.33. The van der Waals surface area contributed by atoms with E-state index in [1.165, 1.54) is 16.9 Å². The number of amides is 1. The van der Waals surface area contributed by atoms with E-state index in [-0.39, 0.29) is 5.91 Å². The van der Waals surface area contributed by atoms with Crippen molar-refractivity contribution in [2.45, 2.75) is 39.7 Å². The van der Waals surface area contributed by atoms with E-state index in [4.69, 9.17) is 10.00 Å². The normalized spacial score (nSPS) is 11.8. The predicted molar refractivity (Wildman–Crippen MR) is 93.0 cm³/mol. The van der Waals surface area contributed by atoms with Gasteiger partial charge in [-0.05, 0) is 54.5 Å². The van der Waals surface area contributed by atoms with Gasteiger partial charge in [-0.25, -0.2) is 0 Å². The van der Waals surface area contributed by atoms with Crippen LogP contribution in [0.1, 0.15) is 43.4 Å². The van der Waals surface area contributed by atoms with Crippen molar-refractivity contribution in [2.24, 2.45) is 0 Å². The van der Waals surface area contributed by atoms with Crippen molar-refractivity contribution in [2.75, 3.05) is 5.32 Å². The number of hydrogen-bond donors (Lipinski definition) is 1. The predicted octanol–water partition coefficient (Wildman–Crippen LogP) is 4.46. The molecule has 1 aromatic heterocycles. The average Bonchev–Trinajstić information content (AvgIpc) is 2.94. The van der Waals surface area contributed by atoms with Crippen LogP contribution in [0.4, 0.5) is 5.00 Å². The highest BCUT2D eigenvalue weighted by Gasteiger charge is 2.17. The summed E-state index contributed by atoms with van der Waals surface area (Å²) in [6.45, 7) is 8.03. The summed E-state index contributed by atoms with van der Waals surface area (Å²) in [5.74, 6) is 0.851. The van der Waals surface area contributed by atoms with Crippen molar-refractivity contribution < 1.29 is 9.53 Å². The lowest BCUT2D eigenvalue weighted by Gasteiger charge is -2.16. The molecule has 1 heterocycles. The van der Waals surface area contributed by atoms with Gasteiger partial charge in [0.15, 0.2) is 6.10 Å². The van der Waals surface area contributed by atoms with E-state index >= 15 is 0 Å². The van der Waals surface area contributed by atoms with Crippen LogP contribution in [0.5, 0.6) is 5.75 Å². The van der Waals surface area contributed by atoms with Gasteiger partial charge in [-0.2, -0.15) is 5.26 Å². The van der Waals surface area contributed by atoms with Crippen LogP contribution in [0, 0.1) is 18.3 Å². The fourth-order valence-corrected chi connectivity index (χ4v) is 3.07. The number of nitrogens with zero attached hydrogens (tertiary/aromatic N) is 1. The van der Waals surface area contributed by atoms with Crippen LogP contribution in [0.3, 0.4) is 0 Å². The van der Waals surface area contributed by atoms with Crippen molar-refractivity contribution >= 4 is 22.2 Å². The highest BCUT2D eigenvalue weighted by molar-refractivity contribution is 7.14. The van der Waals surface area contributed by atoms with E-state index in [0.29, 0.717) is 22.2 Å². The van der Waals surface area contributed by atoms with E-state index in [9.17, 15) is 4.79 Å². The topological polar surface area (TPSA) is 62.1 Å². The molecule has 0 radical (unpaired) electrons. The molecule has 0 aliphatic heterocycles. The van der Waals surface area contributed by atoms with Gasteiger partial charge in [0, 0.05) is 0 Å². The number of anilines is 1. The monoisotopic (exact) mass is 328 g/mol. The number of rotatable bonds is 5. The summed E-state index contributed by atoms with van der Waals surface area (Å²) in [6.07, 6.45) is -0.645. The van der Waals surface area contributed by atoms with Gasteiger partial charge in [-0.1, -0.05) is 19.9 Å². The second kappa shape index (κ2) is 7.30. The molecule has 0 aliphatic rings. The van der Waals surface area contributed by atoms with Gasteiger partial charge < -0.3 is 10.1 Å². The SMILES string of the molecule is Cc1cc(O[C@@H](C)C(=O)Nc2sccc2C#N)ccc1C(C)C. The van der Waals surface area contributed by atoms with Crippen LogP contribution in [0.2, 0.25) is 0 Å². The van der Waals surface area contributed by atoms with Crippen molar-refractivity contribution in [3.05, 3.63) is 46.3 Å². The second-order valence-corrected chi connectivity index (χ2v) is 6.61. The Morgan fingerprint density at radius 1 is 1.30 bits per heavy atom. The second-order valence-electron chi connectivity index (χ2n) is 5.70. The smallest absolute Gasteiger partial charge is 0.265 e. The molecule has 0 bridgehead atoms. The molecule has 0 saturated carbocycles. The number of hydrogen-bond acceptors (Lipinski definition) is 4. The first-order valence-electron chi connectivity index (χ1n) is 7.48. The van der Waals surface area contributed by atoms with E-state index in [1.54, 1.807) is 18.4 Å². The van der Waals surface area contributed by atoms with Crippen molar-refractivity contribution in [1.82, 2.24) is 0 Å². The summed E-state index contributed by atoms with van der Waals surface area (Å²) in [5, 5.41) is 14.0. The lowest BCUT2D eigenvalue weighted by atomic mass is 9.98.